The van der Waals surface area contributed by atoms with Crippen LogP contribution in [0.2, 0.25) is 0 Å². The molecule has 22 heavy (non-hydrogen) atoms. The third kappa shape index (κ3) is 4.15. The molecule has 1 heterocycles. The molecule has 0 bridgehead atoms. The van der Waals surface area contributed by atoms with Gasteiger partial charge in [-0.25, -0.2) is 9.78 Å². The Morgan fingerprint density at radius 2 is 1.82 bits per heavy atom. The van der Waals surface area contributed by atoms with Crippen LogP contribution in [0.25, 0.3) is 0 Å². The van der Waals surface area contributed by atoms with Crippen LogP contribution in [0.4, 0.5) is 26.3 Å². The van der Waals surface area contributed by atoms with Gasteiger partial charge in [-0.05, 0) is 6.92 Å². The summed E-state index contributed by atoms with van der Waals surface area (Å²) in [5, 5.41) is 0. The number of alkyl halides is 6. The Hall–Kier alpha value is -2.20. The first kappa shape index (κ1) is 17.9. The number of hydrogen-bond acceptors (Lipinski definition) is 5. The Morgan fingerprint density at radius 3 is 2.23 bits per heavy atom. The van der Waals surface area contributed by atoms with E-state index < -0.39 is 41.3 Å². The largest absolute Gasteiger partial charge is 0.573 e. The molecule has 1 aromatic heterocycles. The van der Waals surface area contributed by atoms with Crippen molar-refractivity contribution in [2.75, 3.05) is 13.7 Å². The van der Waals surface area contributed by atoms with Crippen LogP contribution in [-0.2, 0) is 10.9 Å². The molecule has 124 valence electrons. The van der Waals surface area contributed by atoms with Gasteiger partial charge in [0, 0.05) is 0 Å². The zero-order valence-corrected chi connectivity index (χ0v) is 11.1. The molecule has 0 aromatic carbocycles. The molecule has 0 aliphatic carbocycles. The van der Waals surface area contributed by atoms with Crippen LogP contribution < -0.4 is 9.47 Å². The van der Waals surface area contributed by atoms with E-state index in [1.165, 1.54) is 6.92 Å². The summed E-state index contributed by atoms with van der Waals surface area (Å²) in [5.41, 5.74) is -3.38. The summed E-state index contributed by atoms with van der Waals surface area (Å²) in [6, 6.07) is 0. The molecule has 11 heteroatoms. The van der Waals surface area contributed by atoms with Gasteiger partial charge in [0.2, 0.25) is 0 Å². The summed E-state index contributed by atoms with van der Waals surface area (Å²) in [7, 11) is 0.824. The van der Waals surface area contributed by atoms with Gasteiger partial charge in [0.05, 0.1) is 19.9 Å². The summed E-state index contributed by atoms with van der Waals surface area (Å²) in [4.78, 5) is 14.6. The van der Waals surface area contributed by atoms with E-state index in [1.54, 1.807) is 0 Å². The van der Waals surface area contributed by atoms with Gasteiger partial charge in [-0.1, -0.05) is 0 Å². The molecule has 0 spiro atoms. The lowest BCUT2D eigenvalue weighted by atomic mass is 10.1. The number of halogens is 6. The maximum Gasteiger partial charge on any atom is 0.573 e. The predicted molar refractivity (Wildman–Crippen MR) is 58.4 cm³/mol. The number of carbonyl (C=O) groups is 1. The molecule has 0 saturated heterocycles. The minimum atomic E-state index is -5.43. The van der Waals surface area contributed by atoms with Gasteiger partial charge in [-0.3, -0.25) is 0 Å². The molecule has 0 fully saturated rings. The van der Waals surface area contributed by atoms with Gasteiger partial charge in [-0.2, -0.15) is 13.2 Å². The number of nitrogens with zero attached hydrogens (tertiary/aromatic N) is 1. The number of methoxy groups -OCH3 is 1. The summed E-state index contributed by atoms with van der Waals surface area (Å²) in [6.07, 6.45) is -10.3. The van der Waals surface area contributed by atoms with E-state index in [9.17, 15) is 31.1 Å². The zero-order valence-electron chi connectivity index (χ0n) is 11.1. The molecule has 0 aliphatic rings. The number of pyridine rings is 1. The second-order valence-corrected chi connectivity index (χ2v) is 3.65. The molecule has 5 nitrogen and oxygen atoms in total. The van der Waals surface area contributed by atoms with E-state index in [0.29, 0.717) is 6.20 Å². The van der Waals surface area contributed by atoms with Crippen molar-refractivity contribution in [1.82, 2.24) is 4.98 Å². The van der Waals surface area contributed by atoms with Gasteiger partial charge < -0.3 is 14.2 Å². The Bertz CT molecular complexity index is 555. The number of rotatable bonds is 4. The predicted octanol–water partition coefficient (Wildman–Crippen LogP) is 3.18. The number of ether oxygens (including phenoxy) is 3. The van der Waals surface area contributed by atoms with Gasteiger partial charge in [-0.15, -0.1) is 13.2 Å². The molecule has 0 amide bonds. The first-order valence-electron chi connectivity index (χ1n) is 5.58. The number of aromatic nitrogens is 1. The minimum absolute atomic E-state index is 0.292. The Kier molecular flexibility index (Phi) is 5.09. The van der Waals surface area contributed by atoms with Gasteiger partial charge >= 0.3 is 18.5 Å². The first-order chi connectivity index (χ1) is 10.0. The number of carbonyl (C=O) groups excluding carboxylic acids is 1. The van der Waals surface area contributed by atoms with Crippen LogP contribution in [0.15, 0.2) is 6.20 Å². The second kappa shape index (κ2) is 6.28. The summed E-state index contributed by atoms with van der Waals surface area (Å²) in [6.45, 7) is 1.01. The molecule has 0 aliphatic heterocycles. The SMILES string of the molecule is CCOC(=O)c1ncc(OC)c(OC(F)(F)F)c1C(F)(F)F. The average molecular weight is 333 g/mol. The highest BCUT2D eigenvalue weighted by Crippen LogP contribution is 2.45. The van der Waals surface area contributed by atoms with E-state index in [2.05, 4.69) is 19.2 Å². The van der Waals surface area contributed by atoms with E-state index in [0.717, 1.165) is 7.11 Å². The van der Waals surface area contributed by atoms with Crippen molar-refractivity contribution < 1.29 is 45.3 Å². The van der Waals surface area contributed by atoms with Crippen LogP contribution >= 0.6 is 0 Å². The Morgan fingerprint density at radius 1 is 1.23 bits per heavy atom. The lowest BCUT2D eigenvalue weighted by Crippen LogP contribution is -2.24. The Labute approximate surface area is 119 Å². The van der Waals surface area contributed by atoms with Crippen molar-refractivity contribution >= 4 is 5.97 Å². The molecule has 0 atom stereocenters. The molecule has 0 radical (unpaired) electrons. The minimum Gasteiger partial charge on any atom is -0.491 e. The smallest absolute Gasteiger partial charge is 0.491 e. The number of esters is 1. The van der Waals surface area contributed by atoms with E-state index in [-0.39, 0.29) is 6.61 Å². The maximum atomic E-state index is 13.1. The van der Waals surface area contributed by atoms with Gasteiger partial charge in [0.1, 0.15) is 5.56 Å². The normalized spacial score (nSPS) is 12.0. The van der Waals surface area contributed by atoms with Crippen LogP contribution in [0.1, 0.15) is 23.0 Å². The van der Waals surface area contributed by atoms with Gasteiger partial charge in [0.25, 0.3) is 0 Å². The van der Waals surface area contributed by atoms with E-state index >= 15 is 0 Å². The highest BCUT2D eigenvalue weighted by molar-refractivity contribution is 5.90. The Balaban J connectivity index is 3.61. The van der Waals surface area contributed by atoms with Crippen molar-refractivity contribution in [3.8, 4) is 11.5 Å². The molecular weight excluding hydrogens is 324 g/mol. The third-order valence-corrected chi connectivity index (χ3v) is 2.19. The lowest BCUT2D eigenvalue weighted by molar-refractivity contribution is -0.276. The summed E-state index contributed by atoms with van der Waals surface area (Å²) >= 11 is 0. The quantitative estimate of drug-likeness (QED) is 0.626. The highest BCUT2D eigenvalue weighted by Gasteiger charge is 2.45. The standard InChI is InChI=1S/C11H9F6NO4/c1-3-21-9(19)7-6(10(12,13)14)8(22-11(15,16)17)5(20-2)4-18-7/h4H,3H2,1-2H3. The van der Waals surface area contributed by atoms with Gasteiger partial charge in [0.15, 0.2) is 17.2 Å². The zero-order chi connectivity index (χ0) is 17.1. The monoisotopic (exact) mass is 333 g/mol. The fraction of sp³-hybridized carbons (Fsp3) is 0.455. The third-order valence-electron chi connectivity index (χ3n) is 2.19. The summed E-state index contributed by atoms with van der Waals surface area (Å²) in [5.74, 6) is -4.18. The topological polar surface area (TPSA) is 57.7 Å². The maximum absolute atomic E-state index is 13.1. The lowest BCUT2D eigenvalue weighted by Gasteiger charge is -2.19. The van der Waals surface area contributed by atoms with E-state index in [1.807, 2.05) is 0 Å². The molecular formula is C11H9F6NO4. The highest BCUT2D eigenvalue weighted by atomic mass is 19.4. The van der Waals surface area contributed by atoms with Crippen LogP contribution in [0.3, 0.4) is 0 Å². The molecule has 0 unspecified atom stereocenters. The van der Waals surface area contributed by atoms with Crippen molar-refractivity contribution in [3.63, 3.8) is 0 Å². The van der Waals surface area contributed by atoms with Crippen LogP contribution in [-0.4, -0.2) is 31.0 Å². The van der Waals surface area contributed by atoms with Crippen molar-refractivity contribution in [2.24, 2.45) is 0 Å². The average Bonchev–Trinajstić information content (AvgIpc) is 2.35. The summed E-state index contributed by atoms with van der Waals surface area (Å²) < 4.78 is 88.2. The molecule has 1 aromatic rings. The van der Waals surface area contributed by atoms with Crippen molar-refractivity contribution in [1.29, 1.82) is 0 Å². The van der Waals surface area contributed by atoms with Crippen molar-refractivity contribution in [3.05, 3.63) is 17.5 Å². The van der Waals surface area contributed by atoms with Crippen LogP contribution in [0.5, 0.6) is 11.5 Å². The second-order valence-electron chi connectivity index (χ2n) is 3.65. The van der Waals surface area contributed by atoms with E-state index in [4.69, 9.17) is 0 Å². The van der Waals surface area contributed by atoms with Crippen molar-refractivity contribution in [2.45, 2.75) is 19.5 Å². The fourth-order valence-electron chi connectivity index (χ4n) is 1.46. The first-order valence-corrected chi connectivity index (χ1v) is 5.58. The fourth-order valence-corrected chi connectivity index (χ4v) is 1.46. The number of hydrogen-bond donors (Lipinski definition) is 0. The van der Waals surface area contributed by atoms with Crippen LogP contribution in [0, 0.1) is 0 Å². The molecule has 1 rings (SSSR count). The molecule has 0 N–H and O–H groups in total. The molecule has 0 saturated carbocycles.